The molecule has 0 aliphatic rings. The summed E-state index contributed by atoms with van der Waals surface area (Å²) in [6.07, 6.45) is 0.478. The fourth-order valence-corrected chi connectivity index (χ4v) is 1.83. The van der Waals surface area contributed by atoms with Crippen LogP contribution in [0.25, 0.3) is 10.8 Å². The molecule has 0 bridgehead atoms. The molecular formula is C13H16N4O2. The predicted octanol–water partition coefficient (Wildman–Crippen LogP) is 0.384. The number of hydrogen-bond donors (Lipinski definition) is 4. The minimum atomic E-state index is -1.23. The van der Waals surface area contributed by atoms with Crippen LogP contribution < -0.4 is 16.8 Å². The highest BCUT2D eigenvalue weighted by Gasteiger charge is 2.11. The monoisotopic (exact) mass is 260 g/mol. The Morgan fingerprint density at radius 1 is 1.47 bits per heavy atom. The number of primary amides is 1. The first kappa shape index (κ1) is 13.1. The van der Waals surface area contributed by atoms with Gasteiger partial charge in [0.25, 0.3) is 0 Å². The molecule has 2 rings (SSSR count). The van der Waals surface area contributed by atoms with Gasteiger partial charge in [0.2, 0.25) is 5.91 Å². The van der Waals surface area contributed by atoms with Crippen molar-refractivity contribution in [1.29, 1.82) is 0 Å². The van der Waals surface area contributed by atoms with E-state index < -0.39 is 12.0 Å². The van der Waals surface area contributed by atoms with Gasteiger partial charge in [-0.1, -0.05) is 0 Å². The summed E-state index contributed by atoms with van der Waals surface area (Å²) in [5.41, 5.74) is 13.1. The molecule has 0 fully saturated rings. The van der Waals surface area contributed by atoms with Gasteiger partial charge in [-0.25, -0.2) is 0 Å². The van der Waals surface area contributed by atoms with Crippen LogP contribution in [0.15, 0.2) is 24.4 Å². The molecule has 1 aromatic carbocycles. The van der Waals surface area contributed by atoms with Gasteiger partial charge in [-0.2, -0.15) is 0 Å². The van der Waals surface area contributed by atoms with Crippen molar-refractivity contribution < 1.29 is 9.90 Å². The van der Waals surface area contributed by atoms with E-state index in [0.717, 1.165) is 22.2 Å². The first-order valence-corrected chi connectivity index (χ1v) is 5.85. The molecule has 6 heteroatoms. The van der Waals surface area contributed by atoms with Gasteiger partial charge in [-0.3, -0.25) is 9.78 Å². The molecule has 0 radical (unpaired) electrons. The number of aliphatic hydroxyl groups excluding tert-OH is 1. The first-order chi connectivity index (χ1) is 8.99. The molecule has 100 valence electrons. The Balaban J connectivity index is 2.35. The summed E-state index contributed by atoms with van der Waals surface area (Å²) in [6.45, 7) is 1.93. The Morgan fingerprint density at radius 2 is 2.21 bits per heavy atom. The lowest BCUT2D eigenvalue weighted by Crippen LogP contribution is -2.34. The lowest BCUT2D eigenvalue weighted by Gasteiger charge is -2.13. The van der Waals surface area contributed by atoms with Crippen molar-refractivity contribution >= 4 is 28.1 Å². The second-order valence-electron chi connectivity index (χ2n) is 4.37. The van der Waals surface area contributed by atoms with Crippen molar-refractivity contribution in [3.8, 4) is 0 Å². The largest absolute Gasteiger partial charge is 0.398 e. The third-order valence-corrected chi connectivity index (χ3v) is 2.89. The number of carbonyl (C=O) groups excluding carboxylic acids is 1. The molecule has 0 saturated carbocycles. The lowest BCUT2D eigenvalue weighted by atomic mass is 10.1. The quantitative estimate of drug-likeness (QED) is 0.593. The molecule has 19 heavy (non-hydrogen) atoms. The normalized spacial score (nSPS) is 12.3. The molecule has 6 N–H and O–H groups in total. The van der Waals surface area contributed by atoms with Gasteiger partial charge in [0.05, 0.1) is 0 Å². The molecule has 0 saturated heterocycles. The predicted molar refractivity (Wildman–Crippen MR) is 74.6 cm³/mol. The highest BCUT2D eigenvalue weighted by Crippen LogP contribution is 2.28. The maximum atomic E-state index is 10.8. The number of benzene rings is 1. The van der Waals surface area contributed by atoms with Gasteiger partial charge >= 0.3 is 0 Å². The first-order valence-electron chi connectivity index (χ1n) is 5.85. The number of nitrogens with zero attached hydrogens (tertiary/aromatic N) is 1. The van der Waals surface area contributed by atoms with E-state index in [1.807, 2.05) is 13.0 Å². The summed E-state index contributed by atoms with van der Waals surface area (Å²) in [4.78, 5) is 15.0. The number of aryl methyl sites for hydroxylation is 1. The minimum absolute atomic E-state index is 0.0513. The number of aliphatic hydroxyl groups is 1. The maximum absolute atomic E-state index is 10.8. The van der Waals surface area contributed by atoms with Crippen LogP contribution in [0.1, 0.15) is 5.69 Å². The highest BCUT2D eigenvalue weighted by molar-refractivity contribution is 6.00. The molecule has 0 spiro atoms. The number of nitrogens with one attached hydrogen (secondary N) is 1. The number of pyridine rings is 1. The molecule has 1 unspecified atom stereocenters. The van der Waals surface area contributed by atoms with E-state index in [0.29, 0.717) is 5.69 Å². The number of hydrogen-bond acceptors (Lipinski definition) is 5. The van der Waals surface area contributed by atoms with E-state index in [4.69, 9.17) is 11.5 Å². The van der Waals surface area contributed by atoms with E-state index >= 15 is 0 Å². The third kappa shape index (κ3) is 2.74. The van der Waals surface area contributed by atoms with Gasteiger partial charge in [0.1, 0.15) is 6.10 Å². The number of anilines is 2. The van der Waals surface area contributed by atoms with Gasteiger partial charge in [-0.05, 0) is 25.1 Å². The number of carbonyl (C=O) groups is 1. The Kier molecular flexibility index (Phi) is 3.52. The number of rotatable bonds is 4. The van der Waals surface area contributed by atoms with Crippen molar-refractivity contribution in [2.24, 2.45) is 5.73 Å². The van der Waals surface area contributed by atoms with Crippen molar-refractivity contribution in [3.63, 3.8) is 0 Å². The van der Waals surface area contributed by atoms with Crippen LogP contribution in [0.4, 0.5) is 11.4 Å². The lowest BCUT2D eigenvalue weighted by molar-refractivity contribution is -0.125. The molecule has 0 aliphatic heterocycles. The third-order valence-electron chi connectivity index (χ3n) is 2.89. The Bertz CT molecular complexity index is 627. The molecular weight excluding hydrogens is 244 g/mol. The Morgan fingerprint density at radius 3 is 2.89 bits per heavy atom. The topological polar surface area (TPSA) is 114 Å². The van der Waals surface area contributed by atoms with Crippen molar-refractivity contribution in [1.82, 2.24) is 4.98 Å². The average Bonchev–Trinajstić information content (AvgIpc) is 2.37. The zero-order valence-electron chi connectivity index (χ0n) is 10.6. The number of aromatic nitrogens is 1. The molecule has 1 amide bonds. The molecule has 2 aromatic rings. The van der Waals surface area contributed by atoms with Crippen LogP contribution in [0.2, 0.25) is 0 Å². The van der Waals surface area contributed by atoms with E-state index in [-0.39, 0.29) is 6.54 Å². The zero-order chi connectivity index (χ0) is 14.0. The zero-order valence-corrected chi connectivity index (χ0v) is 10.6. The SMILES string of the molecule is Cc1cc2c(NCC(O)C(N)=O)ccc(N)c2cn1. The highest BCUT2D eigenvalue weighted by atomic mass is 16.3. The molecule has 0 aliphatic carbocycles. The Labute approximate surface area is 110 Å². The summed E-state index contributed by atoms with van der Waals surface area (Å²) in [6, 6.07) is 5.44. The van der Waals surface area contributed by atoms with E-state index in [9.17, 15) is 9.90 Å². The number of nitrogen functional groups attached to an aromatic ring is 1. The van der Waals surface area contributed by atoms with Crippen LogP contribution in [0.3, 0.4) is 0 Å². The maximum Gasteiger partial charge on any atom is 0.248 e. The van der Waals surface area contributed by atoms with Crippen molar-refractivity contribution in [2.45, 2.75) is 13.0 Å². The summed E-state index contributed by atoms with van der Waals surface area (Å²) in [7, 11) is 0. The molecule has 6 nitrogen and oxygen atoms in total. The molecule has 1 atom stereocenters. The second-order valence-corrected chi connectivity index (χ2v) is 4.37. The second kappa shape index (κ2) is 5.11. The fourth-order valence-electron chi connectivity index (χ4n) is 1.83. The van der Waals surface area contributed by atoms with Crippen LogP contribution >= 0.6 is 0 Å². The summed E-state index contributed by atoms with van der Waals surface area (Å²) in [5, 5.41) is 14.1. The van der Waals surface area contributed by atoms with Crippen LogP contribution in [-0.4, -0.2) is 28.6 Å². The van der Waals surface area contributed by atoms with Gasteiger partial charge in [0.15, 0.2) is 0 Å². The van der Waals surface area contributed by atoms with E-state index in [2.05, 4.69) is 10.3 Å². The van der Waals surface area contributed by atoms with Gasteiger partial charge in [-0.15, -0.1) is 0 Å². The smallest absolute Gasteiger partial charge is 0.248 e. The summed E-state index contributed by atoms with van der Waals surface area (Å²) < 4.78 is 0. The van der Waals surface area contributed by atoms with Crippen molar-refractivity contribution in [2.75, 3.05) is 17.6 Å². The standard InChI is InChI=1S/C13H16N4O2/c1-7-4-8-9(5-16-7)10(14)2-3-11(8)17-6-12(18)13(15)19/h2-5,12,17-18H,6,14H2,1H3,(H2,15,19). The number of fused-ring (bicyclic) bond motifs is 1. The van der Waals surface area contributed by atoms with Gasteiger partial charge < -0.3 is 21.9 Å². The van der Waals surface area contributed by atoms with Crippen molar-refractivity contribution in [3.05, 3.63) is 30.1 Å². The van der Waals surface area contributed by atoms with Gasteiger partial charge in [0, 0.05) is 40.6 Å². The van der Waals surface area contributed by atoms with E-state index in [1.54, 1.807) is 18.3 Å². The molecule has 1 heterocycles. The Hall–Kier alpha value is -2.34. The summed E-state index contributed by atoms with van der Waals surface area (Å²) >= 11 is 0. The number of amides is 1. The minimum Gasteiger partial charge on any atom is -0.398 e. The van der Waals surface area contributed by atoms with Crippen LogP contribution in [0.5, 0.6) is 0 Å². The van der Waals surface area contributed by atoms with Crippen LogP contribution in [0, 0.1) is 6.92 Å². The summed E-state index contributed by atoms with van der Waals surface area (Å²) in [5.74, 6) is -0.759. The van der Waals surface area contributed by atoms with E-state index in [1.165, 1.54) is 0 Å². The van der Waals surface area contributed by atoms with Crippen LogP contribution in [-0.2, 0) is 4.79 Å². The molecule has 1 aromatic heterocycles. The average molecular weight is 260 g/mol. The number of nitrogens with two attached hydrogens (primary N) is 2. The fraction of sp³-hybridized carbons (Fsp3) is 0.231.